The number of hydrogen-bond acceptors (Lipinski definition) is 3. The summed E-state index contributed by atoms with van der Waals surface area (Å²) in [5.41, 5.74) is 4.80. The Hall–Kier alpha value is -1.81. The molecule has 0 fully saturated rings. The van der Waals surface area contributed by atoms with Crippen LogP contribution >= 0.6 is 11.6 Å². The van der Waals surface area contributed by atoms with Crippen LogP contribution in [-0.2, 0) is 13.0 Å². The zero-order valence-electron chi connectivity index (χ0n) is 9.81. The lowest BCUT2D eigenvalue weighted by atomic mass is 10.3. The highest BCUT2D eigenvalue weighted by Gasteiger charge is 2.18. The van der Waals surface area contributed by atoms with Crippen LogP contribution in [0.5, 0.6) is 0 Å². The Kier molecular flexibility index (Phi) is 3.02. The second-order valence-corrected chi connectivity index (χ2v) is 4.55. The zero-order valence-corrected chi connectivity index (χ0v) is 10.6. The molecule has 1 aromatic heterocycles. The summed E-state index contributed by atoms with van der Waals surface area (Å²) < 4.78 is 2.12. The van der Waals surface area contributed by atoms with E-state index in [1.165, 1.54) is 0 Å². The van der Waals surface area contributed by atoms with Crippen LogP contribution in [0.1, 0.15) is 17.9 Å². The summed E-state index contributed by atoms with van der Waals surface area (Å²) >= 11 is 6.09. The number of hydrazone groups is 1. The molecule has 0 saturated carbocycles. The average molecular weight is 261 g/mol. The van der Waals surface area contributed by atoms with Crippen LogP contribution in [0.25, 0.3) is 0 Å². The van der Waals surface area contributed by atoms with Crippen LogP contribution in [0.4, 0.5) is 5.69 Å². The Bertz CT molecular complexity index is 574. The predicted octanol–water partition coefficient (Wildman–Crippen LogP) is 2.93. The van der Waals surface area contributed by atoms with Gasteiger partial charge in [0.05, 0.1) is 11.9 Å². The Labute approximate surface area is 110 Å². The second kappa shape index (κ2) is 4.82. The van der Waals surface area contributed by atoms with Gasteiger partial charge in [0.15, 0.2) is 5.15 Å². The largest absolute Gasteiger partial charge is 0.326 e. The van der Waals surface area contributed by atoms with Crippen molar-refractivity contribution in [2.75, 3.05) is 5.43 Å². The van der Waals surface area contributed by atoms with Gasteiger partial charge in [-0.15, -0.1) is 0 Å². The van der Waals surface area contributed by atoms with E-state index in [1.807, 2.05) is 30.3 Å². The van der Waals surface area contributed by atoms with Crippen LogP contribution in [0.2, 0.25) is 5.15 Å². The van der Waals surface area contributed by atoms with Crippen molar-refractivity contribution in [2.24, 2.45) is 5.10 Å². The van der Waals surface area contributed by atoms with Gasteiger partial charge < -0.3 is 4.57 Å². The number of benzene rings is 1. The molecule has 2 heterocycles. The van der Waals surface area contributed by atoms with Crippen molar-refractivity contribution >= 4 is 23.5 Å². The summed E-state index contributed by atoms with van der Waals surface area (Å²) in [6.07, 6.45) is 3.86. The summed E-state index contributed by atoms with van der Waals surface area (Å²) in [7, 11) is 0. The monoisotopic (exact) mass is 260 g/mol. The molecule has 0 aliphatic carbocycles. The molecule has 5 heteroatoms. The van der Waals surface area contributed by atoms with E-state index in [2.05, 4.69) is 20.1 Å². The van der Waals surface area contributed by atoms with E-state index in [1.54, 1.807) is 6.21 Å². The molecule has 4 nitrogen and oxygen atoms in total. The first kappa shape index (κ1) is 11.3. The minimum Gasteiger partial charge on any atom is -0.326 e. The van der Waals surface area contributed by atoms with Gasteiger partial charge >= 0.3 is 0 Å². The predicted molar refractivity (Wildman–Crippen MR) is 73.2 cm³/mol. The molecule has 0 unspecified atom stereocenters. The van der Waals surface area contributed by atoms with E-state index < -0.39 is 0 Å². The number of imidazole rings is 1. The minimum atomic E-state index is 0.531. The topological polar surface area (TPSA) is 42.2 Å². The highest BCUT2D eigenvalue weighted by molar-refractivity contribution is 6.31. The number of aryl methyl sites for hydroxylation is 1. The average Bonchev–Trinajstić information content (AvgIpc) is 2.93. The quantitative estimate of drug-likeness (QED) is 0.681. The fourth-order valence-electron chi connectivity index (χ4n) is 2.12. The van der Waals surface area contributed by atoms with Crippen molar-refractivity contribution in [3.63, 3.8) is 0 Å². The van der Waals surface area contributed by atoms with Gasteiger partial charge in [-0.2, -0.15) is 5.10 Å². The number of nitrogens with one attached hydrogen (secondary N) is 1. The van der Waals surface area contributed by atoms with Crippen molar-refractivity contribution in [3.8, 4) is 0 Å². The van der Waals surface area contributed by atoms with E-state index >= 15 is 0 Å². The van der Waals surface area contributed by atoms with Crippen molar-refractivity contribution in [1.29, 1.82) is 0 Å². The van der Waals surface area contributed by atoms with E-state index in [0.717, 1.165) is 36.6 Å². The van der Waals surface area contributed by atoms with Crippen LogP contribution in [-0.4, -0.2) is 15.8 Å². The van der Waals surface area contributed by atoms with Crippen LogP contribution in [0.3, 0.4) is 0 Å². The first-order valence-corrected chi connectivity index (χ1v) is 6.31. The molecule has 1 N–H and O–H groups in total. The summed E-state index contributed by atoms with van der Waals surface area (Å²) in [5, 5.41) is 4.73. The number of anilines is 1. The van der Waals surface area contributed by atoms with Gasteiger partial charge in [-0.25, -0.2) is 4.98 Å². The second-order valence-electron chi connectivity index (χ2n) is 4.20. The molecular weight excluding hydrogens is 248 g/mol. The number of nitrogens with zero attached hydrogens (tertiary/aromatic N) is 3. The number of para-hydroxylation sites is 1. The number of hydrogen-bond donors (Lipinski definition) is 1. The lowest BCUT2D eigenvalue weighted by Crippen LogP contribution is -2.00. The summed E-state index contributed by atoms with van der Waals surface area (Å²) in [6.45, 7) is 0.974. The fraction of sp³-hybridized carbons (Fsp3) is 0.231. The molecule has 1 aliphatic rings. The third kappa shape index (κ3) is 2.11. The summed E-state index contributed by atoms with van der Waals surface area (Å²) in [6, 6.07) is 9.80. The molecule has 92 valence electrons. The number of fused-ring (bicyclic) bond motifs is 1. The van der Waals surface area contributed by atoms with Gasteiger partial charge in [0.2, 0.25) is 0 Å². The highest BCUT2D eigenvalue weighted by Crippen LogP contribution is 2.22. The van der Waals surface area contributed by atoms with Crippen molar-refractivity contribution in [3.05, 3.63) is 47.0 Å². The molecule has 0 atom stereocenters. The van der Waals surface area contributed by atoms with E-state index in [4.69, 9.17) is 11.6 Å². The van der Waals surface area contributed by atoms with Crippen LogP contribution in [0, 0.1) is 0 Å². The lowest BCUT2D eigenvalue weighted by Gasteiger charge is -2.01. The molecule has 0 amide bonds. The molecule has 0 saturated heterocycles. The van der Waals surface area contributed by atoms with Crippen molar-refractivity contribution in [2.45, 2.75) is 19.4 Å². The standard InChI is InChI=1S/C13H13ClN4/c14-13-11(18-8-4-7-12(18)16-13)9-15-17-10-5-2-1-3-6-10/h1-3,5-6,9,17H,4,7-8H2. The van der Waals surface area contributed by atoms with E-state index in [-0.39, 0.29) is 0 Å². The van der Waals surface area contributed by atoms with Gasteiger partial charge in [-0.1, -0.05) is 29.8 Å². The zero-order chi connectivity index (χ0) is 12.4. The minimum absolute atomic E-state index is 0.531. The molecule has 0 radical (unpaired) electrons. The Morgan fingerprint density at radius 3 is 3.00 bits per heavy atom. The number of aromatic nitrogens is 2. The molecule has 3 rings (SSSR count). The fourth-order valence-corrected chi connectivity index (χ4v) is 2.37. The van der Waals surface area contributed by atoms with Crippen LogP contribution < -0.4 is 5.43 Å². The Morgan fingerprint density at radius 2 is 2.17 bits per heavy atom. The smallest absolute Gasteiger partial charge is 0.156 e. The lowest BCUT2D eigenvalue weighted by molar-refractivity contribution is 0.745. The molecule has 2 aromatic rings. The first-order chi connectivity index (χ1) is 8.84. The maximum absolute atomic E-state index is 6.09. The Balaban J connectivity index is 1.77. The van der Waals surface area contributed by atoms with Gasteiger partial charge in [-0.3, -0.25) is 5.43 Å². The van der Waals surface area contributed by atoms with Gasteiger partial charge in [0.25, 0.3) is 0 Å². The molecule has 1 aliphatic heterocycles. The van der Waals surface area contributed by atoms with Crippen LogP contribution in [0.15, 0.2) is 35.4 Å². The summed E-state index contributed by atoms with van der Waals surface area (Å²) in [5.74, 6) is 1.06. The van der Waals surface area contributed by atoms with Crippen molar-refractivity contribution in [1.82, 2.24) is 9.55 Å². The normalized spacial score (nSPS) is 14.1. The van der Waals surface area contributed by atoms with Gasteiger partial charge in [0.1, 0.15) is 11.5 Å². The first-order valence-electron chi connectivity index (χ1n) is 5.93. The maximum atomic E-state index is 6.09. The highest BCUT2D eigenvalue weighted by atomic mass is 35.5. The molecule has 0 spiro atoms. The van der Waals surface area contributed by atoms with E-state index in [9.17, 15) is 0 Å². The number of rotatable bonds is 3. The SMILES string of the molecule is Clc1nc2n(c1C=NNc1ccccc1)CCC2. The maximum Gasteiger partial charge on any atom is 0.156 e. The molecule has 1 aromatic carbocycles. The third-order valence-electron chi connectivity index (χ3n) is 2.98. The molecular formula is C13H13ClN4. The Morgan fingerprint density at radius 1 is 1.33 bits per heavy atom. The van der Waals surface area contributed by atoms with E-state index in [0.29, 0.717) is 5.15 Å². The summed E-state index contributed by atoms with van der Waals surface area (Å²) in [4.78, 5) is 4.33. The third-order valence-corrected chi connectivity index (χ3v) is 3.26. The molecule has 0 bridgehead atoms. The number of halogens is 1. The van der Waals surface area contributed by atoms with Gasteiger partial charge in [0, 0.05) is 13.0 Å². The van der Waals surface area contributed by atoms with Crippen molar-refractivity contribution < 1.29 is 0 Å². The molecule has 18 heavy (non-hydrogen) atoms. The van der Waals surface area contributed by atoms with Gasteiger partial charge in [-0.05, 0) is 18.6 Å².